The van der Waals surface area contributed by atoms with Crippen molar-refractivity contribution in [3.63, 3.8) is 0 Å². The van der Waals surface area contributed by atoms with Crippen LogP contribution in [0.2, 0.25) is 0 Å². The quantitative estimate of drug-likeness (QED) is 0.318. The summed E-state index contributed by atoms with van der Waals surface area (Å²) in [5.41, 5.74) is 4.04. The first-order valence-electron chi connectivity index (χ1n) is 12.0. The number of ether oxygens (including phenoxy) is 1. The molecule has 0 saturated carbocycles. The second-order valence-corrected chi connectivity index (χ2v) is 9.31. The van der Waals surface area contributed by atoms with Crippen LogP contribution < -0.4 is 15.4 Å². The summed E-state index contributed by atoms with van der Waals surface area (Å²) in [6, 6.07) is 6.68. The molecule has 37 heavy (non-hydrogen) atoms. The number of aromatic nitrogens is 2. The Morgan fingerprint density at radius 1 is 1.30 bits per heavy atom. The fraction of sp³-hybridized carbons (Fsp3) is 0.296. The van der Waals surface area contributed by atoms with E-state index in [2.05, 4.69) is 27.2 Å². The number of aromatic amines is 1. The third-order valence-corrected chi connectivity index (χ3v) is 7.09. The monoisotopic (exact) mass is 523 g/mol. The van der Waals surface area contributed by atoms with Gasteiger partial charge in [-0.25, -0.2) is 4.39 Å². The minimum Gasteiger partial charge on any atom is -0.494 e. The van der Waals surface area contributed by atoms with Crippen molar-refractivity contribution in [2.24, 2.45) is 0 Å². The van der Waals surface area contributed by atoms with Crippen molar-refractivity contribution in [3.8, 4) is 17.0 Å². The third-order valence-electron chi connectivity index (χ3n) is 6.26. The molecule has 4 heterocycles. The molecule has 1 aromatic carbocycles. The van der Waals surface area contributed by atoms with Crippen LogP contribution in [0.1, 0.15) is 28.9 Å². The molecule has 10 heteroatoms. The number of nitrogens with zero attached hydrogens (tertiary/aromatic N) is 2. The molecule has 1 saturated heterocycles. The summed E-state index contributed by atoms with van der Waals surface area (Å²) in [5, 5.41) is 6.17. The van der Waals surface area contributed by atoms with Gasteiger partial charge in [-0.2, -0.15) is 0 Å². The molecule has 5 rings (SSSR count). The van der Waals surface area contributed by atoms with Crippen molar-refractivity contribution in [1.29, 1.82) is 0 Å². The number of carbonyl (C=O) groups is 2. The zero-order valence-electron chi connectivity index (χ0n) is 20.9. The van der Waals surface area contributed by atoms with Crippen LogP contribution in [0.25, 0.3) is 11.3 Å². The van der Waals surface area contributed by atoms with Gasteiger partial charge >= 0.3 is 0 Å². The van der Waals surface area contributed by atoms with E-state index in [4.69, 9.17) is 4.74 Å². The SMILES string of the molecule is C=CC(=O)N1CCCC1.COc1cnccc1-c1[nH]c2c(c1Nc1cccc(F)c1SC)C(=O)NCC2. The van der Waals surface area contributed by atoms with Gasteiger partial charge in [-0.3, -0.25) is 14.6 Å². The molecule has 0 radical (unpaired) electrons. The molecule has 8 nitrogen and oxygen atoms in total. The van der Waals surface area contributed by atoms with Gasteiger partial charge in [-0.05, 0) is 43.4 Å². The lowest BCUT2D eigenvalue weighted by atomic mass is 10.0. The number of carbonyl (C=O) groups excluding carboxylic acids is 2. The molecule has 2 aliphatic rings. The van der Waals surface area contributed by atoms with Crippen molar-refractivity contribution < 1.29 is 18.7 Å². The first kappa shape index (κ1) is 26.3. The van der Waals surface area contributed by atoms with Crippen molar-refractivity contribution in [1.82, 2.24) is 20.2 Å². The van der Waals surface area contributed by atoms with E-state index in [-0.39, 0.29) is 17.6 Å². The van der Waals surface area contributed by atoms with E-state index < -0.39 is 0 Å². The second kappa shape index (κ2) is 12.0. The van der Waals surface area contributed by atoms with Crippen LogP contribution in [-0.2, 0) is 11.2 Å². The summed E-state index contributed by atoms with van der Waals surface area (Å²) in [7, 11) is 1.57. The van der Waals surface area contributed by atoms with Crippen molar-refractivity contribution in [3.05, 3.63) is 66.4 Å². The molecule has 2 amide bonds. The fourth-order valence-corrected chi connectivity index (χ4v) is 5.07. The minimum absolute atomic E-state index is 0.0764. The molecule has 1 fully saturated rings. The number of hydrogen-bond donors (Lipinski definition) is 3. The number of thioether (sulfide) groups is 1. The Bertz CT molecular complexity index is 1300. The summed E-state index contributed by atoms with van der Waals surface area (Å²) in [6.45, 7) is 5.82. The molecule has 3 N–H and O–H groups in total. The number of rotatable bonds is 6. The number of benzene rings is 1. The van der Waals surface area contributed by atoms with Gasteiger partial charge in [0, 0.05) is 43.5 Å². The zero-order valence-corrected chi connectivity index (χ0v) is 21.7. The van der Waals surface area contributed by atoms with E-state index in [9.17, 15) is 14.0 Å². The lowest BCUT2D eigenvalue weighted by molar-refractivity contribution is -0.124. The molecular weight excluding hydrogens is 493 g/mol. The van der Waals surface area contributed by atoms with Gasteiger partial charge in [0.05, 0.1) is 40.8 Å². The van der Waals surface area contributed by atoms with E-state index >= 15 is 0 Å². The zero-order chi connectivity index (χ0) is 26.4. The highest BCUT2D eigenvalue weighted by atomic mass is 32.2. The fourth-order valence-electron chi connectivity index (χ4n) is 4.47. The summed E-state index contributed by atoms with van der Waals surface area (Å²) < 4.78 is 19.7. The molecule has 0 aliphatic carbocycles. The number of hydrogen-bond acceptors (Lipinski definition) is 6. The number of amides is 2. The van der Waals surface area contributed by atoms with Gasteiger partial charge < -0.3 is 25.3 Å². The Morgan fingerprint density at radius 2 is 2.08 bits per heavy atom. The number of anilines is 2. The Kier molecular flexibility index (Phi) is 8.50. The second-order valence-electron chi connectivity index (χ2n) is 8.49. The highest BCUT2D eigenvalue weighted by Gasteiger charge is 2.28. The molecule has 0 unspecified atom stereocenters. The van der Waals surface area contributed by atoms with Crippen LogP contribution in [0.15, 0.2) is 54.2 Å². The maximum atomic E-state index is 14.3. The van der Waals surface area contributed by atoms with Crippen LogP contribution in [0.3, 0.4) is 0 Å². The highest BCUT2D eigenvalue weighted by Crippen LogP contribution is 2.41. The first-order valence-corrected chi connectivity index (χ1v) is 13.2. The van der Waals surface area contributed by atoms with Gasteiger partial charge in [-0.1, -0.05) is 12.6 Å². The normalized spacial score (nSPS) is 14.2. The average molecular weight is 524 g/mol. The molecule has 0 atom stereocenters. The summed E-state index contributed by atoms with van der Waals surface area (Å²) in [6.07, 6.45) is 9.47. The lowest BCUT2D eigenvalue weighted by Gasteiger charge is -2.17. The van der Waals surface area contributed by atoms with Crippen molar-refractivity contribution in [2.45, 2.75) is 24.2 Å². The van der Waals surface area contributed by atoms with Gasteiger partial charge in [0.1, 0.15) is 11.6 Å². The van der Waals surface area contributed by atoms with E-state index in [1.165, 1.54) is 23.9 Å². The minimum atomic E-state index is -0.311. The molecular formula is C27H30FN5O3S. The number of methoxy groups -OCH3 is 1. The number of pyridine rings is 1. The molecule has 0 spiro atoms. The smallest absolute Gasteiger partial charge is 0.255 e. The molecule has 194 valence electrons. The van der Waals surface area contributed by atoms with Crippen LogP contribution in [0.5, 0.6) is 5.75 Å². The van der Waals surface area contributed by atoms with Crippen LogP contribution in [-0.4, -0.2) is 59.7 Å². The number of halogens is 1. The topological polar surface area (TPSA) is 99.3 Å². The van der Waals surface area contributed by atoms with E-state index in [1.54, 1.807) is 31.6 Å². The number of likely N-dealkylation sites (tertiary alicyclic amines) is 1. The summed E-state index contributed by atoms with van der Waals surface area (Å²) in [5.74, 6) is 0.178. The van der Waals surface area contributed by atoms with E-state index in [0.717, 1.165) is 37.2 Å². The van der Waals surface area contributed by atoms with Gasteiger partial charge in [-0.15, -0.1) is 11.8 Å². The number of fused-ring (bicyclic) bond motifs is 1. The van der Waals surface area contributed by atoms with Gasteiger partial charge in [0.2, 0.25) is 5.91 Å². The predicted molar refractivity (Wildman–Crippen MR) is 144 cm³/mol. The number of H-pyrrole nitrogens is 1. The molecule has 2 aliphatic heterocycles. The summed E-state index contributed by atoms with van der Waals surface area (Å²) in [4.78, 5) is 33.2. The number of nitrogens with one attached hydrogen (secondary N) is 3. The first-order chi connectivity index (χ1) is 18.0. The lowest BCUT2D eigenvalue weighted by Crippen LogP contribution is -2.31. The third kappa shape index (κ3) is 5.64. The Labute approximate surface area is 219 Å². The standard InChI is InChI=1S/C20H19FN4O2S.C7H11NO/c1-27-15-10-22-8-6-11(15)17-18(16-13(24-17)7-9-23-20(16)26)25-14-5-3-4-12(21)19(14)28-2;1-2-7(9)8-5-3-4-6-8/h3-6,8,10,24-25H,7,9H2,1-2H3,(H,23,26);2H,1,3-6H2. The molecule has 3 aromatic rings. The van der Waals surface area contributed by atoms with Gasteiger partial charge in [0.25, 0.3) is 5.91 Å². The summed E-state index contributed by atoms with van der Waals surface area (Å²) >= 11 is 1.31. The maximum Gasteiger partial charge on any atom is 0.255 e. The van der Waals surface area contributed by atoms with Crippen LogP contribution in [0.4, 0.5) is 15.8 Å². The Balaban J connectivity index is 0.000000301. The van der Waals surface area contributed by atoms with E-state index in [1.807, 2.05) is 17.2 Å². The Hall–Kier alpha value is -3.79. The van der Waals surface area contributed by atoms with Crippen molar-refractivity contribution >= 4 is 35.0 Å². The molecule has 2 aromatic heterocycles. The maximum absolute atomic E-state index is 14.3. The highest BCUT2D eigenvalue weighted by molar-refractivity contribution is 7.98. The predicted octanol–water partition coefficient (Wildman–Crippen LogP) is 4.77. The van der Waals surface area contributed by atoms with Crippen LogP contribution in [0, 0.1) is 5.82 Å². The van der Waals surface area contributed by atoms with Crippen LogP contribution >= 0.6 is 11.8 Å². The van der Waals surface area contributed by atoms with E-state index in [0.29, 0.717) is 46.2 Å². The van der Waals surface area contributed by atoms with Gasteiger partial charge in [0.15, 0.2) is 0 Å². The van der Waals surface area contributed by atoms with Crippen molar-refractivity contribution in [2.75, 3.05) is 38.3 Å². The largest absolute Gasteiger partial charge is 0.494 e. The Morgan fingerprint density at radius 3 is 2.78 bits per heavy atom. The molecule has 0 bridgehead atoms. The average Bonchev–Trinajstić information content (AvgIpc) is 3.58.